The Morgan fingerprint density at radius 3 is 2.72 bits per heavy atom. The second-order valence-corrected chi connectivity index (χ2v) is 6.72. The fraction of sp³-hybridized carbons (Fsp3) is 0.643. The van der Waals surface area contributed by atoms with Crippen molar-refractivity contribution in [2.75, 3.05) is 13.6 Å². The van der Waals surface area contributed by atoms with E-state index in [-0.39, 0.29) is 6.09 Å². The van der Waals surface area contributed by atoms with Crippen LogP contribution in [-0.4, -0.2) is 35.0 Å². The molecule has 1 unspecified atom stereocenters. The molecular formula is C14H22BrNO2. The molecule has 1 aliphatic carbocycles. The zero-order valence-corrected chi connectivity index (χ0v) is 13.2. The predicted molar refractivity (Wildman–Crippen MR) is 78.0 cm³/mol. The minimum absolute atomic E-state index is 0.263. The average Bonchev–Trinajstić information content (AvgIpc) is 2.25. The molecule has 0 bridgehead atoms. The highest BCUT2D eigenvalue weighted by atomic mass is 79.9. The summed E-state index contributed by atoms with van der Waals surface area (Å²) >= 11 is 3.54. The predicted octanol–water partition coefficient (Wildman–Crippen LogP) is 3.89. The Morgan fingerprint density at radius 1 is 1.56 bits per heavy atom. The van der Waals surface area contributed by atoms with Gasteiger partial charge in [-0.1, -0.05) is 39.7 Å². The Balaban J connectivity index is 2.35. The van der Waals surface area contributed by atoms with Crippen molar-refractivity contribution in [3.8, 4) is 0 Å². The van der Waals surface area contributed by atoms with E-state index in [0.29, 0.717) is 11.4 Å². The van der Waals surface area contributed by atoms with Gasteiger partial charge in [0, 0.05) is 18.4 Å². The molecule has 18 heavy (non-hydrogen) atoms. The molecule has 1 rings (SSSR count). The van der Waals surface area contributed by atoms with E-state index >= 15 is 0 Å². The van der Waals surface area contributed by atoms with Crippen molar-refractivity contribution in [3.05, 3.63) is 23.8 Å². The van der Waals surface area contributed by atoms with Gasteiger partial charge in [0.25, 0.3) is 0 Å². The van der Waals surface area contributed by atoms with Crippen LogP contribution in [0.2, 0.25) is 0 Å². The molecule has 4 heteroatoms. The maximum absolute atomic E-state index is 11.7. The minimum Gasteiger partial charge on any atom is -0.444 e. The van der Waals surface area contributed by atoms with Gasteiger partial charge in [-0.25, -0.2) is 4.79 Å². The van der Waals surface area contributed by atoms with Crippen LogP contribution in [0.25, 0.3) is 0 Å². The summed E-state index contributed by atoms with van der Waals surface area (Å²) in [5, 5.41) is 0. The van der Waals surface area contributed by atoms with E-state index in [9.17, 15) is 4.79 Å². The van der Waals surface area contributed by atoms with Gasteiger partial charge in [-0.2, -0.15) is 0 Å². The topological polar surface area (TPSA) is 29.5 Å². The van der Waals surface area contributed by atoms with Gasteiger partial charge in [-0.15, -0.1) is 0 Å². The van der Waals surface area contributed by atoms with Crippen LogP contribution in [0.1, 0.15) is 33.6 Å². The molecular weight excluding hydrogens is 294 g/mol. The Morgan fingerprint density at radius 2 is 2.22 bits per heavy atom. The maximum atomic E-state index is 11.7. The molecule has 0 aromatic carbocycles. The maximum Gasteiger partial charge on any atom is 0.410 e. The van der Waals surface area contributed by atoms with Gasteiger partial charge < -0.3 is 9.64 Å². The first-order chi connectivity index (χ1) is 8.28. The number of alkyl halides is 1. The first kappa shape index (κ1) is 15.3. The number of rotatable bonds is 3. The molecule has 0 aliphatic heterocycles. The Hall–Kier alpha value is -0.770. The van der Waals surface area contributed by atoms with E-state index < -0.39 is 5.60 Å². The lowest BCUT2D eigenvalue weighted by molar-refractivity contribution is 0.0301. The van der Waals surface area contributed by atoms with Gasteiger partial charge in [-0.3, -0.25) is 0 Å². The molecule has 0 saturated carbocycles. The van der Waals surface area contributed by atoms with Gasteiger partial charge in [0.15, 0.2) is 0 Å². The first-order valence-corrected chi connectivity index (χ1v) is 7.15. The number of allylic oxidation sites excluding steroid dienone is 3. The van der Waals surface area contributed by atoms with Crippen LogP contribution in [0, 0.1) is 0 Å². The SMILES string of the molecule is CN(CCC1=CCC(Br)C=C1)C(=O)OC(C)(C)C. The number of carbonyl (C=O) groups excluding carboxylic acids is 1. The van der Waals surface area contributed by atoms with Crippen LogP contribution in [0.5, 0.6) is 0 Å². The minimum atomic E-state index is -0.432. The van der Waals surface area contributed by atoms with Gasteiger partial charge in [-0.05, 0) is 33.6 Å². The van der Waals surface area contributed by atoms with Gasteiger partial charge in [0.05, 0.1) is 0 Å². The Kier molecular flexibility index (Phi) is 5.45. The third kappa shape index (κ3) is 5.71. The molecule has 0 aromatic rings. The Labute approximate surface area is 118 Å². The van der Waals surface area contributed by atoms with E-state index in [1.807, 2.05) is 20.8 Å². The number of amides is 1. The molecule has 0 heterocycles. The molecule has 0 saturated heterocycles. The van der Waals surface area contributed by atoms with Crippen LogP contribution in [0.4, 0.5) is 4.79 Å². The van der Waals surface area contributed by atoms with E-state index in [4.69, 9.17) is 4.74 Å². The highest BCUT2D eigenvalue weighted by molar-refractivity contribution is 9.09. The molecule has 0 aromatic heterocycles. The van der Waals surface area contributed by atoms with E-state index in [2.05, 4.69) is 34.2 Å². The quantitative estimate of drug-likeness (QED) is 0.739. The number of hydrogen-bond donors (Lipinski definition) is 0. The van der Waals surface area contributed by atoms with Crippen molar-refractivity contribution in [1.29, 1.82) is 0 Å². The van der Waals surface area contributed by atoms with Crippen LogP contribution in [-0.2, 0) is 4.74 Å². The summed E-state index contributed by atoms with van der Waals surface area (Å²) in [4.78, 5) is 13.8. The Bertz CT molecular complexity index is 355. The molecule has 1 atom stereocenters. The van der Waals surface area contributed by atoms with Crippen LogP contribution >= 0.6 is 15.9 Å². The number of hydrogen-bond acceptors (Lipinski definition) is 2. The summed E-state index contributed by atoms with van der Waals surface area (Å²) < 4.78 is 5.30. The molecule has 102 valence electrons. The van der Waals surface area contributed by atoms with Crippen LogP contribution in [0.15, 0.2) is 23.8 Å². The third-order valence-electron chi connectivity index (χ3n) is 2.57. The van der Waals surface area contributed by atoms with Gasteiger partial charge in [0.1, 0.15) is 5.60 Å². The number of carbonyl (C=O) groups is 1. The summed E-state index contributed by atoms with van der Waals surface area (Å²) in [5.74, 6) is 0. The first-order valence-electron chi connectivity index (χ1n) is 6.23. The van der Waals surface area contributed by atoms with E-state index in [0.717, 1.165) is 12.8 Å². The molecule has 1 amide bonds. The fourth-order valence-corrected chi connectivity index (χ4v) is 1.89. The lowest BCUT2D eigenvalue weighted by Crippen LogP contribution is -2.34. The highest BCUT2D eigenvalue weighted by Crippen LogP contribution is 2.19. The van der Waals surface area contributed by atoms with Crippen molar-refractivity contribution in [2.24, 2.45) is 0 Å². The van der Waals surface area contributed by atoms with Crippen molar-refractivity contribution in [3.63, 3.8) is 0 Å². The second-order valence-electron chi connectivity index (χ2n) is 5.54. The number of ether oxygens (including phenoxy) is 1. The van der Waals surface area contributed by atoms with Crippen molar-refractivity contribution < 1.29 is 9.53 Å². The molecule has 0 N–H and O–H groups in total. The highest BCUT2D eigenvalue weighted by Gasteiger charge is 2.19. The van der Waals surface area contributed by atoms with E-state index in [1.165, 1.54) is 5.57 Å². The lowest BCUT2D eigenvalue weighted by Gasteiger charge is -2.25. The number of halogens is 1. The van der Waals surface area contributed by atoms with Crippen molar-refractivity contribution >= 4 is 22.0 Å². The summed E-state index contributed by atoms with van der Waals surface area (Å²) in [6.45, 7) is 6.31. The monoisotopic (exact) mass is 315 g/mol. The second kappa shape index (κ2) is 6.41. The molecule has 0 radical (unpaired) electrons. The van der Waals surface area contributed by atoms with Gasteiger partial charge in [0.2, 0.25) is 0 Å². The fourth-order valence-electron chi connectivity index (χ4n) is 1.55. The van der Waals surface area contributed by atoms with Crippen LogP contribution in [0.3, 0.4) is 0 Å². The zero-order chi connectivity index (χ0) is 13.8. The molecule has 1 aliphatic rings. The van der Waals surface area contributed by atoms with Crippen molar-refractivity contribution in [1.82, 2.24) is 4.90 Å². The third-order valence-corrected chi connectivity index (χ3v) is 3.24. The summed E-state index contributed by atoms with van der Waals surface area (Å²) in [6.07, 6.45) is 8.09. The number of nitrogens with zero attached hydrogens (tertiary/aromatic N) is 1. The molecule has 0 fully saturated rings. The summed E-state index contributed by atoms with van der Waals surface area (Å²) in [7, 11) is 1.77. The largest absolute Gasteiger partial charge is 0.444 e. The summed E-state index contributed by atoms with van der Waals surface area (Å²) in [6, 6.07) is 0. The van der Waals surface area contributed by atoms with E-state index in [1.54, 1.807) is 11.9 Å². The smallest absolute Gasteiger partial charge is 0.410 e. The molecule has 3 nitrogen and oxygen atoms in total. The summed E-state index contributed by atoms with van der Waals surface area (Å²) in [5.41, 5.74) is 0.847. The van der Waals surface area contributed by atoms with Gasteiger partial charge >= 0.3 is 6.09 Å². The zero-order valence-electron chi connectivity index (χ0n) is 11.6. The lowest BCUT2D eigenvalue weighted by atomic mass is 10.0. The van der Waals surface area contributed by atoms with Crippen molar-refractivity contribution in [2.45, 2.75) is 44.0 Å². The standard InChI is InChI=1S/C14H22BrNO2/c1-14(2,3)18-13(17)16(4)10-9-11-5-7-12(15)8-6-11/h5-7,12H,8-10H2,1-4H3. The average molecular weight is 316 g/mol. The van der Waals surface area contributed by atoms with Crippen LogP contribution < -0.4 is 0 Å². The molecule has 0 spiro atoms. The normalized spacial score (nSPS) is 19.4.